The minimum atomic E-state index is -3.94. The van der Waals surface area contributed by atoms with E-state index in [1.807, 2.05) is 0 Å². The topological polar surface area (TPSA) is 77.2 Å². The number of carbonyl (C=O) groups is 1. The molecule has 0 aromatic heterocycles. The minimum absolute atomic E-state index is 0.542. The Balaban J connectivity index is 4.45. The molecule has 0 unspecified atom stereocenters. The zero-order valence-electron chi connectivity index (χ0n) is 5.29. The third-order valence-electron chi connectivity index (χ3n) is 0.752. The van der Waals surface area contributed by atoms with Gasteiger partial charge in [0.1, 0.15) is 0 Å². The van der Waals surface area contributed by atoms with Gasteiger partial charge in [-0.05, 0) is 0 Å². The van der Waals surface area contributed by atoms with Crippen LogP contribution in [0.2, 0.25) is 0 Å². The molecular formula is C4H9NO3S. The van der Waals surface area contributed by atoms with Gasteiger partial charge in [0, 0.05) is 5.92 Å². The van der Waals surface area contributed by atoms with Crippen molar-refractivity contribution in [2.45, 2.75) is 13.8 Å². The lowest BCUT2D eigenvalue weighted by molar-refractivity contribution is -0.114. The lowest BCUT2D eigenvalue weighted by Crippen LogP contribution is -2.27. The van der Waals surface area contributed by atoms with Crippen LogP contribution in [0.4, 0.5) is 0 Å². The van der Waals surface area contributed by atoms with Crippen LogP contribution in [0.5, 0.6) is 0 Å². The zero-order valence-corrected chi connectivity index (χ0v) is 6.10. The molecule has 4 nitrogen and oxygen atoms in total. The largest absolute Gasteiger partial charge is 0.280 e. The van der Waals surface area contributed by atoms with Crippen molar-refractivity contribution in [3.8, 4) is 0 Å². The summed E-state index contributed by atoms with van der Waals surface area (Å²) < 4.78 is 20.4. The van der Waals surface area contributed by atoms with Gasteiger partial charge < -0.3 is 0 Å². The first kappa shape index (κ1) is 8.58. The van der Waals surface area contributed by atoms with E-state index < -0.39 is 21.1 Å². The van der Waals surface area contributed by atoms with Gasteiger partial charge in [-0.25, -0.2) is 13.6 Å². The van der Waals surface area contributed by atoms with Crippen molar-refractivity contribution >= 4 is 15.1 Å². The SMILES string of the molecule is CC(C)C(=O)S(N)(=O)=O. The lowest BCUT2D eigenvalue weighted by Gasteiger charge is -1.97. The smallest absolute Gasteiger partial charge is 0.272 e. The van der Waals surface area contributed by atoms with E-state index in [-0.39, 0.29) is 0 Å². The second-order valence-electron chi connectivity index (χ2n) is 2.02. The Bertz CT molecular complexity index is 204. The van der Waals surface area contributed by atoms with Crippen molar-refractivity contribution in [1.29, 1.82) is 0 Å². The Morgan fingerprint density at radius 3 is 1.78 bits per heavy atom. The van der Waals surface area contributed by atoms with Gasteiger partial charge in [0.25, 0.3) is 15.1 Å². The predicted molar refractivity (Wildman–Crippen MR) is 33.0 cm³/mol. The Labute approximate surface area is 54.1 Å². The minimum Gasteiger partial charge on any atom is -0.280 e. The number of rotatable bonds is 1. The monoisotopic (exact) mass is 151 g/mol. The molecule has 0 aliphatic rings. The van der Waals surface area contributed by atoms with Gasteiger partial charge >= 0.3 is 0 Å². The molecule has 2 N–H and O–H groups in total. The van der Waals surface area contributed by atoms with Gasteiger partial charge in [-0.2, -0.15) is 0 Å². The molecule has 0 bridgehead atoms. The first-order chi connectivity index (χ1) is 3.85. The third kappa shape index (κ3) is 2.57. The maximum absolute atomic E-state index is 10.5. The molecule has 5 heteroatoms. The van der Waals surface area contributed by atoms with E-state index in [9.17, 15) is 13.2 Å². The molecule has 0 rings (SSSR count). The van der Waals surface area contributed by atoms with E-state index in [0.717, 1.165) is 0 Å². The number of hydrogen-bond acceptors (Lipinski definition) is 3. The molecule has 0 atom stereocenters. The van der Waals surface area contributed by atoms with Crippen molar-refractivity contribution in [1.82, 2.24) is 0 Å². The molecule has 0 saturated carbocycles. The summed E-state index contributed by atoms with van der Waals surface area (Å²) in [7, 11) is -3.94. The number of primary sulfonamides is 1. The molecule has 0 aromatic carbocycles. The van der Waals surface area contributed by atoms with Crippen molar-refractivity contribution in [3.05, 3.63) is 0 Å². The Morgan fingerprint density at radius 2 is 1.78 bits per heavy atom. The molecule has 54 valence electrons. The Hall–Kier alpha value is -0.420. The average molecular weight is 151 g/mol. The van der Waals surface area contributed by atoms with Crippen LogP contribution in [0, 0.1) is 5.92 Å². The standard InChI is InChI=1S/C4H9NO3S/c1-3(2)4(6)9(5,7)8/h3H,1-2H3,(H2,5,7,8). The van der Waals surface area contributed by atoms with Crippen molar-refractivity contribution in [2.75, 3.05) is 0 Å². The first-order valence-corrected chi connectivity index (χ1v) is 3.97. The van der Waals surface area contributed by atoms with E-state index >= 15 is 0 Å². The number of hydrogen-bond donors (Lipinski definition) is 1. The second-order valence-corrected chi connectivity index (χ2v) is 3.51. The number of carbonyl (C=O) groups excluding carboxylic acids is 1. The summed E-state index contributed by atoms with van der Waals surface area (Å²) in [6, 6.07) is 0. The average Bonchev–Trinajstić information content (AvgIpc) is 1.62. The first-order valence-electron chi connectivity index (χ1n) is 2.42. The molecule has 0 amide bonds. The van der Waals surface area contributed by atoms with Crippen molar-refractivity contribution in [3.63, 3.8) is 0 Å². The normalized spacial score (nSPS) is 12.0. The quantitative estimate of drug-likeness (QED) is 0.546. The van der Waals surface area contributed by atoms with Crippen molar-refractivity contribution < 1.29 is 13.2 Å². The van der Waals surface area contributed by atoms with Crippen molar-refractivity contribution in [2.24, 2.45) is 11.1 Å². The van der Waals surface area contributed by atoms with E-state index in [4.69, 9.17) is 0 Å². The maximum atomic E-state index is 10.5. The summed E-state index contributed by atoms with van der Waals surface area (Å²) in [5, 5.41) is 3.59. The van der Waals surface area contributed by atoms with E-state index in [2.05, 4.69) is 5.14 Å². The summed E-state index contributed by atoms with van der Waals surface area (Å²) >= 11 is 0. The molecular weight excluding hydrogens is 142 g/mol. The van der Waals surface area contributed by atoms with Gasteiger partial charge in [0.05, 0.1) is 0 Å². The van der Waals surface area contributed by atoms with Gasteiger partial charge in [0.2, 0.25) is 0 Å². The fourth-order valence-corrected chi connectivity index (χ4v) is 0.986. The maximum Gasteiger partial charge on any atom is 0.272 e. The second kappa shape index (κ2) is 2.45. The van der Waals surface area contributed by atoms with Crippen LogP contribution in [0.15, 0.2) is 0 Å². The molecule has 0 heterocycles. The van der Waals surface area contributed by atoms with Gasteiger partial charge in [-0.1, -0.05) is 13.8 Å². The van der Waals surface area contributed by atoms with Crippen LogP contribution >= 0.6 is 0 Å². The van der Waals surface area contributed by atoms with Crippen LogP contribution in [0.25, 0.3) is 0 Å². The molecule has 0 aliphatic heterocycles. The summed E-state index contributed by atoms with van der Waals surface area (Å²) in [5.74, 6) is -0.542. The highest BCUT2D eigenvalue weighted by Crippen LogP contribution is 1.96. The van der Waals surface area contributed by atoms with Gasteiger partial charge in [-0.3, -0.25) is 4.79 Å². The predicted octanol–water partition coefficient (Wildman–Crippen LogP) is -0.542. The molecule has 0 saturated heterocycles. The highest BCUT2D eigenvalue weighted by Gasteiger charge is 2.19. The van der Waals surface area contributed by atoms with E-state index in [1.165, 1.54) is 13.8 Å². The zero-order chi connectivity index (χ0) is 7.65. The summed E-state index contributed by atoms with van der Waals surface area (Å²) in [4.78, 5) is 10.5. The molecule has 0 spiro atoms. The molecule has 0 radical (unpaired) electrons. The summed E-state index contributed by atoms with van der Waals surface area (Å²) in [5.41, 5.74) is 0. The molecule has 9 heavy (non-hydrogen) atoms. The van der Waals surface area contributed by atoms with Gasteiger partial charge in [-0.15, -0.1) is 0 Å². The summed E-state index contributed by atoms with van der Waals surface area (Å²) in [6.07, 6.45) is 0. The van der Waals surface area contributed by atoms with E-state index in [0.29, 0.717) is 0 Å². The molecule has 0 fully saturated rings. The van der Waals surface area contributed by atoms with Crippen LogP contribution in [0.1, 0.15) is 13.8 Å². The fourth-order valence-electron chi connectivity index (χ4n) is 0.329. The lowest BCUT2D eigenvalue weighted by atomic mass is 10.3. The van der Waals surface area contributed by atoms with Gasteiger partial charge in [0.15, 0.2) is 0 Å². The highest BCUT2D eigenvalue weighted by atomic mass is 32.2. The van der Waals surface area contributed by atoms with Crippen LogP contribution in [-0.2, 0) is 14.8 Å². The van der Waals surface area contributed by atoms with E-state index in [1.54, 1.807) is 0 Å². The van der Waals surface area contributed by atoms with Crippen LogP contribution < -0.4 is 5.14 Å². The van der Waals surface area contributed by atoms with Crippen LogP contribution in [-0.4, -0.2) is 13.5 Å². The molecule has 0 aliphatic carbocycles. The number of nitrogens with two attached hydrogens (primary N) is 1. The summed E-state index contributed by atoms with van der Waals surface area (Å²) in [6.45, 7) is 2.96. The van der Waals surface area contributed by atoms with Crippen LogP contribution in [0.3, 0.4) is 0 Å². The fraction of sp³-hybridized carbons (Fsp3) is 0.750. The highest BCUT2D eigenvalue weighted by molar-refractivity contribution is 8.04. The third-order valence-corrected chi connectivity index (χ3v) is 1.78. The Morgan fingerprint density at radius 1 is 1.44 bits per heavy atom. The molecule has 0 aromatic rings. The Kier molecular flexibility index (Phi) is 2.33. The number of sulfonamides is 1.